The molecule has 0 fully saturated rings. The number of ether oxygens (including phenoxy) is 1. The van der Waals surface area contributed by atoms with Crippen LogP contribution in [0.15, 0.2) is 48.5 Å². The molecule has 0 aromatic heterocycles. The minimum absolute atomic E-state index is 0.113. The number of allylic oxidation sites excluding steroid dienone is 1. The van der Waals surface area contributed by atoms with Crippen LogP contribution in [0.3, 0.4) is 0 Å². The number of anilines is 1. The topological polar surface area (TPSA) is 72.7 Å². The first kappa shape index (κ1) is 17.7. The van der Waals surface area contributed by atoms with Gasteiger partial charge in [-0.3, -0.25) is 19.8 Å². The van der Waals surface area contributed by atoms with Gasteiger partial charge in [-0.25, -0.2) is 0 Å². The SMILES string of the molecule is COc1cccc2c1N(C(=O)c1cccc([N+](=O)[O-])c1)C(C)(C)C=C2C. The van der Waals surface area contributed by atoms with Crippen molar-refractivity contribution >= 4 is 22.9 Å². The highest BCUT2D eigenvalue weighted by Gasteiger charge is 2.38. The van der Waals surface area contributed by atoms with Crippen LogP contribution in [0.2, 0.25) is 0 Å². The first-order chi connectivity index (χ1) is 12.3. The van der Waals surface area contributed by atoms with E-state index in [2.05, 4.69) is 0 Å². The third-order valence-electron chi connectivity index (χ3n) is 4.52. The second-order valence-corrected chi connectivity index (χ2v) is 6.79. The Hall–Kier alpha value is -3.15. The van der Waals surface area contributed by atoms with Crippen LogP contribution >= 0.6 is 0 Å². The zero-order chi connectivity index (χ0) is 19.1. The van der Waals surface area contributed by atoms with Crippen molar-refractivity contribution < 1.29 is 14.5 Å². The monoisotopic (exact) mass is 352 g/mol. The zero-order valence-electron chi connectivity index (χ0n) is 15.1. The fourth-order valence-corrected chi connectivity index (χ4v) is 3.44. The summed E-state index contributed by atoms with van der Waals surface area (Å²) in [7, 11) is 1.56. The molecule has 2 aromatic rings. The second-order valence-electron chi connectivity index (χ2n) is 6.79. The van der Waals surface area contributed by atoms with Crippen LogP contribution in [0.5, 0.6) is 5.75 Å². The van der Waals surface area contributed by atoms with Crippen molar-refractivity contribution in [1.82, 2.24) is 0 Å². The predicted molar refractivity (Wildman–Crippen MR) is 101 cm³/mol. The largest absolute Gasteiger partial charge is 0.495 e. The van der Waals surface area contributed by atoms with Crippen molar-refractivity contribution in [3.8, 4) is 5.75 Å². The predicted octanol–water partition coefficient (Wildman–Crippen LogP) is 4.45. The Labute approximate surface area is 151 Å². The smallest absolute Gasteiger partial charge is 0.270 e. The van der Waals surface area contributed by atoms with E-state index in [9.17, 15) is 14.9 Å². The summed E-state index contributed by atoms with van der Waals surface area (Å²) >= 11 is 0. The molecule has 1 aliphatic heterocycles. The lowest BCUT2D eigenvalue weighted by Crippen LogP contribution is -2.49. The summed E-state index contributed by atoms with van der Waals surface area (Å²) in [5, 5.41) is 11.1. The molecule has 0 aliphatic carbocycles. The van der Waals surface area contributed by atoms with Gasteiger partial charge in [-0.2, -0.15) is 0 Å². The summed E-state index contributed by atoms with van der Waals surface area (Å²) in [5.74, 6) is 0.273. The lowest BCUT2D eigenvalue weighted by molar-refractivity contribution is -0.384. The summed E-state index contributed by atoms with van der Waals surface area (Å²) in [6.45, 7) is 5.86. The van der Waals surface area contributed by atoms with E-state index in [0.717, 1.165) is 11.1 Å². The Morgan fingerprint density at radius 1 is 1.19 bits per heavy atom. The average Bonchev–Trinajstić information content (AvgIpc) is 2.60. The quantitative estimate of drug-likeness (QED) is 0.604. The zero-order valence-corrected chi connectivity index (χ0v) is 15.1. The Morgan fingerprint density at radius 2 is 1.88 bits per heavy atom. The molecule has 6 nitrogen and oxygen atoms in total. The van der Waals surface area contributed by atoms with Crippen LogP contribution in [0.4, 0.5) is 11.4 Å². The number of nitrogens with zero attached hydrogens (tertiary/aromatic N) is 2. The standard InChI is InChI=1S/C20H20N2O4/c1-13-12-20(2,3)21(18-16(13)9-6-10-17(18)26-4)19(23)14-7-5-8-15(11-14)22(24)25/h5-12H,1-4H3. The highest BCUT2D eigenvalue weighted by Crippen LogP contribution is 2.45. The third kappa shape index (κ3) is 2.83. The van der Waals surface area contributed by atoms with Crippen LogP contribution < -0.4 is 9.64 Å². The van der Waals surface area contributed by atoms with E-state index in [0.29, 0.717) is 11.4 Å². The van der Waals surface area contributed by atoms with Crippen molar-refractivity contribution in [2.45, 2.75) is 26.3 Å². The highest BCUT2D eigenvalue weighted by atomic mass is 16.6. The normalized spacial score (nSPS) is 15.1. The Morgan fingerprint density at radius 3 is 2.54 bits per heavy atom. The van der Waals surface area contributed by atoms with E-state index in [-0.39, 0.29) is 17.2 Å². The summed E-state index contributed by atoms with van der Waals surface area (Å²) in [6.07, 6.45) is 2.02. The number of nitro groups is 1. The van der Waals surface area contributed by atoms with E-state index in [1.54, 1.807) is 24.1 Å². The summed E-state index contributed by atoms with van der Waals surface area (Å²) in [4.78, 5) is 25.6. The number of rotatable bonds is 3. The van der Waals surface area contributed by atoms with Crippen LogP contribution in [0.25, 0.3) is 5.57 Å². The highest BCUT2D eigenvalue weighted by molar-refractivity contribution is 6.11. The number of nitro benzene ring substituents is 1. The van der Waals surface area contributed by atoms with Crippen molar-refractivity contribution in [2.75, 3.05) is 12.0 Å². The average molecular weight is 352 g/mol. The van der Waals surface area contributed by atoms with E-state index < -0.39 is 10.5 Å². The molecule has 0 atom stereocenters. The second kappa shape index (κ2) is 6.29. The number of amides is 1. The number of hydrogen-bond donors (Lipinski definition) is 0. The van der Waals surface area contributed by atoms with Gasteiger partial charge < -0.3 is 4.74 Å². The van der Waals surface area contributed by atoms with Crippen LogP contribution in [0.1, 0.15) is 36.7 Å². The molecule has 0 N–H and O–H groups in total. The van der Waals surface area contributed by atoms with Gasteiger partial charge in [0.2, 0.25) is 0 Å². The minimum atomic E-state index is -0.618. The van der Waals surface area contributed by atoms with Gasteiger partial charge in [0, 0.05) is 23.3 Å². The maximum atomic E-state index is 13.3. The maximum Gasteiger partial charge on any atom is 0.270 e. The van der Waals surface area contributed by atoms with Crippen LogP contribution in [-0.4, -0.2) is 23.5 Å². The van der Waals surface area contributed by atoms with E-state index >= 15 is 0 Å². The Bertz CT molecular complexity index is 931. The fraction of sp³-hybridized carbons (Fsp3) is 0.250. The van der Waals surface area contributed by atoms with Gasteiger partial charge in [0.1, 0.15) is 5.75 Å². The Balaban J connectivity index is 2.19. The lowest BCUT2D eigenvalue weighted by Gasteiger charge is -2.42. The number of methoxy groups -OCH3 is 1. The number of fused-ring (bicyclic) bond motifs is 1. The van der Waals surface area contributed by atoms with Gasteiger partial charge in [-0.05, 0) is 38.5 Å². The summed E-state index contributed by atoms with van der Waals surface area (Å²) in [6, 6.07) is 11.4. The maximum absolute atomic E-state index is 13.3. The molecule has 0 unspecified atom stereocenters. The molecule has 3 rings (SSSR count). The Kier molecular flexibility index (Phi) is 4.28. The van der Waals surface area contributed by atoms with E-state index in [4.69, 9.17) is 4.74 Å². The van der Waals surface area contributed by atoms with Gasteiger partial charge >= 0.3 is 0 Å². The molecule has 26 heavy (non-hydrogen) atoms. The van der Waals surface area contributed by atoms with Crippen molar-refractivity contribution in [3.05, 3.63) is 69.8 Å². The summed E-state index contributed by atoms with van der Waals surface area (Å²) in [5.41, 5.74) is 2.16. The van der Waals surface area contributed by atoms with Gasteiger partial charge in [-0.15, -0.1) is 0 Å². The number of carbonyl (C=O) groups is 1. The third-order valence-corrected chi connectivity index (χ3v) is 4.52. The minimum Gasteiger partial charge on any atom is -0.495 e. The molecule has 1 heterocycles. The number of para-hydroxylation sites is 1. The van der Waals surface area contributed by atoms with E-state index in [1.807, 2.05) is 39.0 Å². The molecule has 0 saturated heterocycles. The lowest BCUT2D eigenvalue weighted by atomic mass is 9.87. The van der Waals surface area contributed by atoms with Crippen LogP contribution in [0, 0.1) is 10.1 Å². The van der Waals surface area contributed by atoms with E-state index in [1.165, 1.54) is 18.2 Å². The van der Waals surface area contributed by atoms with Crippen molar-refractivity contribution in [3.63, 3.8) is 0 Å². The molecule has 0 spiro atoms. The van der Waals surface area contributed by atoms with Crippen molar-refractivity contribution in [2.24, 2.45) is 0 Å². The molecular formula is C20H20N2O4. The first-order valence-corrected chi connectivity index (χ1v) is 8.22. The molecule has 0 saturated carbocycles. The molecular weight excluding hydrogens is 332 g/mol. The number of carbonyl (C=O) groups excluding carboxylic acids is 1. The molecule has 6 heteroatoms. The van der Waals surface area contributed by atoms with Crippen molar-refractivity contribution in [1.29, 1.82) is 0 Å². The molecule has 1 aliphatic rings. The number of non-ortho nitro benzene ring substituents is 1. The molecule has 134 valence electrons. The number of hydrogen-bond acceptors (Lipinski definition) is 4. The van der Waals surface area contributed by atoms with Gasteiger partial charge in [-0.1, -0.05) is 24.3 Å². The first-order valence-electron chi connectivity index (χ1n) is 8.22. The van der Waals surface area contributed by atoms with Gasteiger partial charge in [0.25, 0.3) is 11.6 Å². The van der Waals surface area contributed by atoms with Crippen LogP contribution in [-0.2, 0) is 0 Å². The molecule has 1 amide bonds. The molecule has 2 aromatic carbocycles. The van der Waals surface area contributed by atoms with Gasteiger partial charge in [0.05, 0.1) is 23.3 Å². The number of benzene rings is 2. The van der Waals surface area contributed by atoms with Gasteiger partial charge in [0.15, 0.2) is 0 Å². The molecule has 0 radical (unpaired) electrons. The summed E-state index contributed by atoms with van der Waals surface area (Å²) < 4.78 is 5.50. The fourth-order valence-electron chi connectivity index (χ4n) is 3.44. The molecule has 0 bridgehead atoms.